The summed E-state index contributed by atoms with van der Waals surface area (Å²) in [6.45, 7) is 7.33. The van der Waals surface area contributed by atoms with Crippen molar-refractivity contribution in [1.29, 1.82) is 0 Å². The van der Waals surface area contributed by atoms with E-state index >= 15 is 0 Å². The van der Waals surface area contributed by atoms with Gasteiger partial charge in [-0.25, -0.2) is 4.79 Å². The molecule has 2 amide bonds. The zero-order valence-corrected chi connectivity index (χ0v) is 25.7. The van der Waals surface area contributed by atoms with Crippen LogP contribution >= 0.6 is 0 Å². The summed E-state index contributed by atoms with van der Waals surface area (Å²) >= 11 is 0. The van der Waals surface area contributed by atoms with E-state index in [0.29, 0.717) is 26.1 Å². The average molecular weight is 597 g/mol. The number of ether oxygens (including phenoxy) is 1. The summed E-state index contributed by atoms with van der Waals surface area (Å²) in [5.41, 5.74) is 5.51. The first kappa shape index (κ1) is 31.0. The standard InChI is InChI=1S/C20H20N2O.C18H16N2O2/c1-20(2)12-19(23)22(15-20)14-18-11-10-17(13-21-18)9-8-16-6-4-3-5-7-16;21-18-20(11-4-12-22-18)14-17-10-9-16(13-19-17)8-7-15-5-2-1-3-6-15/h3-7,10-11,13H,12,14-15H2,1-2H3;1-3,5-6,9-10,13H,4,11-12,14H2. The minimum atomic E-state index is -0.263. The van der Waals surface area contributed by atoms with Gasteiger partial charge in [-0.1, -0.05) is 73.9 Å². The molecule has 2 saturated heterocycles. The second kappa shape index (κ2) is 14.9. The number of hydrogen-bond acceptors (Lipinski definition) is 5. The molecule has 45 heavy (non-hydrogen) atoms. The van der Waals surface area contributed by atoms with Gasteiger partial charge < -0.3 is 14.5 Å². The molecule has 0 unspecified atom stereocenters. The highest BCUT2D eigenvalue weighted by Gasteiger charge is 2.35. The van der Waals surface area contributed by atoms with Gasteiger partial charge in [-0.05, 0) is 60.4 Å². The van der Waals surface area contributed by atoms with Gasteiger partial charge in [0, 0.05) is 54.2 Å². The lowest BCUT2D eigenvalue weighted by Gasteiger charge is -2.25. The van der Waals surface area contributed by atoms with Crippen LogP contribution in [0.1, 0.15) is 60.3 Å². The number of pyridine rings is 2. The lowest BCUT2D eigenvalue weighted by Crippen LogP contribution is -2.37. The predicted octanol–water partition coefficient (Wildman–Crippen LogP) is 6.06. The van der Waals surface area contributed by atoms with Crippen molar-refractivity contribution in [1.82, 2.24) is 19.8 Å². The molecular formula is C38H36N4O3. The number of cyclic esters (lactones) is 1. The maximum Gasteiger partial charge on any atom is 0.410 e. The fourth-order valence-electron chi connectivity index (χ4n) is 4.97. The van der Waals surface area contributed by atoms with E-state index in [1.54, 1.807) is 17.3 Å². The molecule has 0 radical (unpaired) electrons. The van der Waals surface area contributed by atoms with Crippen LogP contribution in [0.5, 0.6) is 0 Å². The fraction of sp³-hybridized carbons (Fsp3) is 0.263. The highest BCUT2D eigenvalue weighted by molar-refractivity contribution is 5.79. The number of likely N-dealkylation sites (tertiary alicyclic amines) is 1. The summed E-state index contributed by atoms with van der Waals surface area (Å²) < 4.78 is 5.01. The summed E-state index contributed by atoms with van der Waals surface area (Å²) in [6, 6.07) is 27.4. The normalized spacial score (nSPS) is 15.1. The Morgan fingerprint density at radius 3 is 1.64 bits per heavy atom. The van der Waals surface area contributed by atoms with Crippen molar-refractivity contribution in [2.45, 2.75) is 39.8 Å². The minimum absolute atomic E-state index is 0.0676. The quantitative estimate of drug-likeness (QED) is 0.268. The summed E-state index contributed by atoms with van der Waals surface area (Å²) in [7, 11) is 0. The molecular weight excluding hydrogens is 560 g/mol. The van der Waals surface area contributed by atoms with Gasteiger partial charge in [-0.3, -0.25) is 14.8 Å². The van der Waals surface area contributed by atoms with E-state index in [1.165, 1.54) is 0 Å². The first-order chi connectivity index (χ1) is 21.8. The summed E-state index contributed by atoms with van der Waals surface area (Å²) in [4.78, 5) is 35.9. The van der Waals surface area contributed by atoms with Crippen molar-refractivity contribution >= 4 is 12.0 Å². The summed E-state index contributed by atoms with van der Waals surface area (Å²) in [6.07, 6.45) is 4.73. The molecule has 2 aromatic carbocycles. The predicted molar refractivity (Wildman–Crippen MR) is 174 cm³/mol. The molecule has 2 aliphatic heterocycles. The Balaban J connectivity index is 0.000000178. The molecule has 0 bridgehead atoms. The first-order valence-electron chi connectivity index (χ1n) is 15.1. The third kappa shape index (κ3) is 9.55. The van der Waals surface area contributed by atoms with Crippen LogP contribution in [-0.2, 0) is 22.6 Å². The molecule has 4 heterocycles. The number of aromatic nitrogens is 2. The molecule has 0 aliphatic carbocycles. The van der Waals surface area contributed by atoms with E-state index in [2.05, 4.69) is 47.5 Å². The van der Waals surface area contributed by atoms with Crippen LogP contribution in [0.15, 0.2) is 97.3 Å². The van der Waals surface area contributed by atoms with Crippen molar-refractivity contribution < 1.29 is 14.3 Å². The van der Waals surface area contributed by atoms with Gasteiger partial charge in [0.25, 0.3) is 0 Å². The van der Waals surface area contributed by atoms with Crippen molar-refractivity contribution in [2.75, 3.05) is 19.7 Å². The summed E-state index contributed by atoms with van der Waals surface area (Å²) in [5.74, 6) is 12.6. The molecule has 2 fully saturated rings. The van der Waals surface area contributed by atoms with Crippen molar-refractivity contribution in [3.05, 3.63) is 131 Å². The van der Waals surface area contributed by atoms with Gasteiger partial charge in [0.1, 0.15) is 0 Å². The number of amides is 2. The third-order valence-corrected chi connectivity index (χ3v) is 7.26. The Bertz CT molecular complexity index is 1710. The molecule has 0 atom stereocenters. The van der Waals surface area contributed by atoms with Crippen LogP contribution in [0.2, 0.25) is 0 Å². The molecule has 2 aromatic heterocycles. The Hall–Kier alpha value is -5.40. The van der Waals surface area contributed by atoms with Crippen LogP contribution < -0.4 is 0 Å². The van der Waals surface area contributed by atoms with Crippen molar-refractivity contribution in [2.24, 2.45) is 5.41 Å². The highest BCUT2D eigenvalue weighted by atomic mass is 16.6. The number of benzene rings is 2. The number of hydrogen-bond donors (Lipinski definition) is 0. The maximum absolute atomic E-state index is 12.0. The van der Waals surface area contributed by atoms with Crippen molar-refractivity contribution in [3.63, 3.8) is 0 Å². The van der Waals surface area contributed by atoms with Crippen LogP contribution in [-0.4, -0.2) is 51.5 Å². The second-order valence-electron chi connectivity index (χ2n) is 11.8. The van der Waals surface area contributed by atoms with Crippen LogP contribution in [0.3, 0.4) is 0 Å². The number of nitrogens with zero attached hydrogens (tertiary/aromatic N) is 4. The van der Waals surface area contributed by atoms with Gasteiger partial charge in [0.05, 0.1) is 31.1 Å². The third-order valence-electron chi connectivity index (χ3n) is 7.26. The molecule has 7 nitrogen and oxygen atoms in total. The number of carbonyl (C=O) groups excluding carboxylic acids is 2. The Kier molecular flexibility index (Phi) is 10.2. The van der Waals surface area contributed by atoms with E-state index in [1.807, 2.05) is 89.8 Å². The lowest BCUT2D eigenvalue weighted by atomic mass is 9.93. The molecule has 6 rings (SSSR count). The molecule has 0 spiro atoms. The van der Waals surface area contributed by atoms with E-state index in [9.17, 15) is 9.59 Å². The molecule has 0 N–H and O–H groups in total. The minimum Gasteiger partial charge on any atom is -0.449 e. The topological polar surface area (TPSA) is 75.6 Å². The molecule has 4 aromatic rings. The van der Waals surface area contributed by atoms with Crippen LogP contribution in [0.25, 0.3) is 0 Å². The molecule has 226 valence electrons. The second-order valence-corrected chi connectivity index (χ2v) is 11.8. The van der Waals surface area contributed by atoms with E-state index < -0.39 is 0 Å². The molecule has 0 saturated carbocycles. The van der Waals surface area contributed by atoms with Gasteiger partial charge in [-0.2, -0.15) is 0 Å². The fourth-order valence-corrected chi connectivity index (χ4v) is 4.97. The molecule has 2 aliphatic rings. The zero-order valence-electron chi connectivity index (χ0n) is 25.7. The summed E-state index contributed by atoms with van der Waals surface area (Å²) in [5, 5.41) is 0. The first-order valence-corrected chi connectivity index (χ1v) is 15.1. The Labute approximate surface area is 265 Å². The highest BCUT2D eigenvalue weighted by Crippen LogP contribution is 2.30. The van der Waals surface area contributed by atoms with Gasteiger partial charge in [-0.15, -0.1) is 0 Å². The van der Waals surface area contributed by atoms with E-state index in [0.717, 1.165) is 53.2 Å². The zero-order chi connectivity index (χ0) is 31.5. The smallest absolute Gasteiger partial charge is 0.410 e. The average Bonchev–Trinajstić information content (AvgIpc) is 3.33. The maximum atomic E-state index is 12.0. The van der Waals surface area contributed by atoms with Gasteiger partial charge in [0.2, 0.25) is 5.91 Å². The van der Waals surface area contributed by atoms with Crippen LogP contribution in [0.4, 0.5) is 4.79 Å². The van der Waals surface area contributed by atoms with Gasteiger partial charge >= 0.3 is 6.09 Å². The monoisotopic (exact) mass is 596 g/mol. The SMILES string of the molecule is CC1(C)CC(=O)N(Cc2ccc(C#Cc3ccccc3)cn2)C1.O=C1OCCCN1Cc1ccc(C#Cc2ccccc2)cn1. The lowest BCUT2D eigenvalue weighted by molar-refractivity contribution is -0.128. The number of carbonyl (C=O) groups is 2. The number of rotatable bonds is 4. The Morgan fingerprint density at radius 2 is 1.20 bits per heavy atom. The van der Waals surface area contributed by atoms with Crippen LogP contribution in [0, 0.1) is 29.1 Å². The largest absolute Gasteiger partial charge is 0.449 e. The Morgan fingerprint density at radius 1 is 0.689 bits per heavy atom. The van der Waals surface area contributed by atoms with Gasteiger partial charge in [0.15, 0.2) is 0 Å². The van der Waals surface area contributed by atoms with E-state index in [4.69, 9.17) is 4.74 Å². The van der Waals surface area contributed by atoms with Crippen molar-refractivity contribution in [3.8, 4) is 23.7 Å². The van der Waals surface area contributed by atoms with E-state index in [-0.39, 0.29) is 17.4 Å². The molecule has 7 heteroatoms.